The van der Waals surface area contributed by atoms with Gasteiger partial charge in [0.05, 0.1) is 16.0 Å². The van der Waals surface area contributed by atoms with Gasteiger partial charge in [-0.25, -0.2) is 13.1 Å². The summed E-state index contributed by atoms with van der Waals surface area (Å²) >= 11 is 0. The number of hydrogen-bond donors (Lipinski definition) is 1. The average molecular weight is 420 g/mol. The molecule has 0 unspecified atom stereocenters. The van der Waals surface area contributed by atoms with Crippen molar-refractivity contribution >= 4 is 21.8 Å². The van der Waals surface area contributed by atoms with E-state index in [1.807, 2.05) is 60.7 Å². The van der Waals surface area contributed by atoms with Crippen molar-refractivity contribution in [3.63, 3.8) is 0 Å². The van der Waals surface area contributed by atoms with Gasteiger partial charge in [-0.15, -0.1) is 0 Å². The maximum atomic E-state index is 12.9. The highest BCUT2D eigenvalue weighted by molar-refractivity contribution is 7.89. The highest BCUT2D eigenvalue weighted by atomic mass is 32.2. The zero-order valence-electron chi connectivity index (χ0n) is 16.3. The average Bonchev–Trinajstić information content (AvgIpc) is 2.99. The van der Waals surface area contributed by atoms with Crippen LogP contribution in [-0.4, -0.2) is 38.7 Å². The second kappa shape index (κ2) is 7.85. The van der Waals surface area contributed by atoms with Gasteiger partial charge in [0, 0.05) is 19.5 Å². The lowest BCUT2D eigenvalue weighted by Gasteiger charge is -2.19. The fourth-order valence-corrected chi connectivity index (χ4v) is 4.66. The van der Waals surface area contributed by atoms with E-state index in [0.717, 1.165) is 16.0 Å². The minimum atomic E-state index is -3.88. The zero-order chi connectivity index (χ0) is 21.3. The fraction of sp³-hybridized carbons (Fsp3) is 0.130. The van der Waals surface area contributed by atoms with Gasteiger partial charge in [0.15, 0.2) is 0 Å². The van der Waals surface area contributed by atoms with Crippen LogP contribution in [0.1, 0.15) is 37.8 Å². The minimum absolute atomic E-state index is 0.0439. The quantitative estimate of drug-likeness (QED) is 0.622. The number of carbonyl (C=O) groups excluding carboxylic acids is 2. The SMILES string of the molecule is CN1C(=O)c2ccc(S(=O)(=O)NCC(c3ccccc3)c3ccccc3)cc2C1=O. The summed E-state index contributed by atoms with van der Waals surface area (Å²) in [5.41, 5.74) is 2.30. The van der Waals surface area contributed by atoms with Crippen LogP contribution in [0.5, 0.6) is 0 Å². The lowest BCUT2D eigenvalue weighted by atomic mass is 9.92. The van der Waals surface area contributed by atoms with Crippen molar-refractivity contribution in [1.82, 2.24) is 9.62 Å². The molecule has 0 fully saturated rings. The number of nitrogens with one attached hydrogen (secondary N) is 1. The molecule has 1 N–H and O–H groups in total. The molecule has 4 rings (SSSR count). The highest BCUT2D eigenvalue weighted by Crippen LogP contribution is 2.26. The van der Waals surface area contributed by atoms with E-state index in [2.05, 4.69) is 4.72 Å². The summed E-state index contributed by atoms with van der Waals surface area (Å²) in [6, 6.07) is 23.3. The number of fused-ring (bicyclic) bond motifs is 1. The van der Waals surface area contributed by atoms with Crippen molar-refractivity contribution in [3.8, 4) is 0 Å². The highest BCUT2D eigenvalue weighted by Gasteiger charge is 2.34. The third-order valence-corrected chi connectivity index (χ3v) is 6.67. The van der Waals surface area contributed by atoms with Crippen LogP contribution >= 0.6 is 0 Å². The molecule has 6 nitrogen and oxygen atoms in total. The number of imide groups is 1. The number of hydrogen-bond acceptors (Lipinski definition) is 4. The Morgan fingerprint density at radius 2 is 1.33 bits per heavy atom. The molecule has 0 radical (unpaired) electrons. The molecule has 152 valence electrons. The first-order valence-electron chi connectivity index (χ1n) is 9.44. The molecule has 0 aliphatic carbocycles. The predicted molar refractivity (Wildman–Crippen MR) is 113 cm³/mol. The molecule has 0 bridgehead atoms. The van der Waals surface area contributed by atoms with Gasteiger partial charge in [-0.3, -0.25) is 14.5 Å². The molecular formula is C23H20N2O4S. The molecule has 0 saturated heterocycles. The van der Waals surface area contributed by atoms with Crippen molar-refractivity contribution in [3.05, 3.63) is 101 Å². The number of amides is 2. The number of sulfonamides is 1. The fourth-order valence-electron chi connectivity index (χ4n) is 3.58. The summed E-state index contributed by atoms with van der Waals surface area (Å²) in [5, 5.41) is 0. The summed E-state index contributed by atoms with van der Waals surface area (Å²) in [6.07, 6.45) is 0. The van der Waals surface area contributed by atoms with Gasteiger partial charge in [-0.2, -0.15) is 0 Å². The number of carbonyl (C=O) groups is 2. The summed E-state index contributed by atoms with van der Waals surface area (Å²) in [4.78, 5) is 25.2. The van der Waals surface area contributed by atoms with E-state index in [4.69, 9.17) is 0 Å². The van der Waals surface area contributed by atoms with E-state index in [1.54, 1.807) is 0 Å². The van der Waals surface area contributed by atoms with Crippen molar-refractivity contribution < 1.29 is 18.0 Å². The largest absolute Gasteiger partial charge is 0.277 e. The Labute approximate surface area is 175 Å². The van der Waals surface area contributed by atoms with Gasteiger partial charge in [-0.1, -0.05) is 60.7 Å². The number of nitrogens with zero attached hydrogens (tertiary/aromatic N) is 1. The Balaban J connectivity index is 1.62. The lowest BCUT2D eigenvalue weighted by molar-refractivity contribution is 0.0693. The maximum Gasteiger partial charge on any atom is 0.261 e. The van der Waals surface area contributed by atoms with Gasteiger partial charge in [0.1, 0.15) is 0 Å². The van der Waals surface area contributed by atoms with Gasteiger partial charge in [0.25, 0.3) is 11.8 Å². The molecule has 0 atom stereocenters. The summed E-state index contributed by atoms with van der Waals surface area (Å²) in [5.74, 6) is -1.11. The van der Waals surface area contributed by atoms with Crippen LogP contribution in [0.25, 0.3) is 0 Å². The topological polar surface area (TPSA) is 83.6 Å². The maximum absolute atomic E-state index is 12.9. The molecule has 0 spiro atoms. The van der Waals surface area contributed by atoms with Gasteiger partial charge >= 0.3 is 0 Å². The summed E-state index contributed by atoms with van der Waals surface area (Å²) in [6.45, 7) is 0.153. The van der Waals surface area contributed by atoms with Crippen LogP contribution in [-0.2, 0) is 10.0 Å². The Hall–Kier alpha value is -3.29. The van der Waals surface area contributed by atoms with E-state index in [9.17, 15) is 18.0 Å². The number of benzene rings is 3. The van der Waals surface area contributed by atoms with Crippen LogP contribution in [0.2, 0.25) is 0 Å². The number of rotatable bonds is 6. The van der Waals surface area contributed by atoms with Crippen molar-refractivity contribution in [2.24, 2.45) is 0 Å². The third kappa shape index (κ3) is 3.65. The lowest BCUT2D eigenvalue weighted by Crippen LogP contribution is -2.29. The standard InChI is InChI=1S/C23H20N2O4S/c1-25-22(26)19-13-12-18(14-20(19)23(25)27)30(28,29)24-15-21(16-8-4-2-5-9-16)17-10-6-3-7-11-17/h2-14,21,24H,15H2,1H3. The molecule has 0 aromatic heterocycles. The van der Waals surface area contributed by atoms with E-state index in [1.165, 1.54) is 25.2 Å². The van der Waals surface area contributed by atoms with Crippen LogP contribution in [0, 0.1) is 0 Å². The molecule has 3 aromatic carbocycles. The molecule has 3 aromatic rings. The Morgan fingerprint density at radius 1 is 0.800 bits per heavy atom. The van der Waals surface area contributed by atoms with Crippen LogP contribution in [0.3, 0.4) is 0 Å². The van der Waals surface area contributed by atoms with E-state index < -0.39 is 21.8 Å². The Bertz CT molecular complexity index is 1170. The molecule has 30 heavy (non-hydrogen) atoms. The smallest absolute Gasteiger partial charge is 0.261 e. The molecule has 0 saturated carbocycles. The van der Waals surface area contributed by atoms with E-state index in [-0.39, 0.29) is 28.5 Å². The molecule has 1 aliphatic rings. The Kier molecular flexibility index (Phi) is 5.24. The first kappa shape index (κ1) is 20.0. The minimum Gasteiger partial charge on any atom is -0.277 e. The molecule has 1 aliphatic heterocycles. The van der Waals surface area contributed by atoms with Crippen LogP contribution < -0.4 is 4.72 Å². The monoisotopic (exact) mass is 420 g/mol. The van der Waals surface area contributed by atoms with E-state index >= 15 is 0 Å². The first-order chi connectivity index (χ1) is 14.4. The van der Waals surface area contributed by atoms with Crippen molar-refractivity contribution in [1.29, 1.82) is 0 Å². The normalized spacial score (nSPS) is 13.7. The summed E-state index contributed by atoms with van der Waals surface area (Å²) < 4.78 is 28.6. The molecule has 1 heterocycles. The van der Waals surface area contributed by atoms with E-state index in [0.29, 0.717) is 0 Å². The molecular weight excluding hydrogens is 400 g/mol. The van der Waals surface area contributed by atoms with Gasteiger partial charge in [-0.05, 0) is 29.3 Å². The summed E-state index contributed by atoms with van der Waals surface area (Å²) in [7, 11) is -2.51. The predicted octanol–water partition coefficient (Wildman–Crippen LogP) is 3.02. The van der Waals surface area contributed by atoms with Crippen molar-refractivity contribution in [2.45, 2.75) is 10.8 Å². The Morgan fingerprint density at radius 3 is 1.90 bits per heavy atom. The van der Waals surface area contributed by atoms with Crippen molar-refractivity contribution in [2.75, 3.05) is 13.6 Å². The van der Waals surface area contributed by atoms with Gasteiger partial charge < -0.3 is 0 Å². The van der Waals surface area contributed by atoms with Crippen LogP contribution in [0.4, 0.5) is 0 Å². The second-order valence-corrected chi connectivity index (χ2v) is 8.87. The molecule has 7 heteroatoms. The van der Waals surface area contributed by atoms with Gasteiger partial charge in [0.2, 0.25) is 10.0 Å². The second-order valence-electron chi connectivity index (χ2n) is 7.10. The third-order valence-electron chi connectivity index (χ3n) is 5.25. The first-order valence-corrected chi connectivity index (χ1v) is 10.9. The molecule has 2 amide bonds. The zero-order valence-corrected chi connectivity index (χ0v) is 17.1. The van der Waals surface area contributed by atoms with Crippen LogP contribution in [0.15, 0.2) is 83.8 Å².